The van der Waals surface area contributed by atoms with Crippen LogP contribution in [0.3, 0.4) is 0 Å². The molecule has 0 bridgehead atoms. The van der Waals surface area contributed by atoms with Crippen LogP contribution in [0.4, 0.5) is 4.79 Å². The van der Waals surface area contributed by atoms with Crippen molar-refractivity contribution in [1.82, 2.24) is 10.6 Å². The lowest BCUT2D eigenvalue weighted by molar-refractivity contribution is -0.136. The number of nitrogens with one attached hydrogen (secondary N) is 2. The number of primary amides is 1. The molecule has 0 saturated carbocycles. The summed E-state index contributed by atoms with van der Waals surface area (Å²) in [6.07, 6.45) is 12.6. The minimum atomic E-state index is -1.20. The largest absolute Gasteiger partial charge is 0.490 e. The number of halogens is 1. The zero-order chi connectivity index (χ0) is 33.2. The van der Waals surface area contributed by atoms with Gasteiger partial charge in [0.15, 0.2) is 5.76 Å². The molecule has 0 heterocycles. The number of rotatable bonds is 17. The van der Waals surface area contributed by atoms with E-state index in [1.54, 1.807) is 38.2 Å². The molecule has 12 heteroatoms. The number of carbonyl (C=O) groups excluding carboxylic acids is 3. The van der Waals surface area contributed by atoms with Crippen molar-refractivity contribution in [3.05, 3.63) is 71.2 Å². The smallest absolute Gasteiger partial charge is 0.404 e. The van der Waals surface area contributed by atoms with E-state index in [-0.39, 0.29) is 24.5 Å². The molecule has 3 amide bonds. The van der Waals surface area contributed by atoms with Crippen molar-refractivity contribution in [2.24, 2.45) is 17.1 Å². The first kappa shape index (κ1) is 39.2. The standard InChI is InChI=1S/C31H46ClN3O8/c1-20(19-21(2)24(36)16-17-25(42-7)29(39)40)11-8-9-13-26(37)35-27(31(4,5)6)28(38)34-18-10-12-23(43-30(33)41)15-14-22(3)32/h8-11,13-14,17-19,21,23-24,27,36H,12,15-16H2,1-7H3,(H2,33,41)(H,34,38)(H,35,37)(H,39,40). The minimum absolute atomic E-state index is 0.110. The molecule has 0 aromatic rings. The molecule has 4 atom stereocenters. The van der Waals surface area contributed by atoms with Crippen molar-refractivity contribution in [2.45, 2.75) is 79.1 Å². The summed E-state index contributed by atoms with van der Waals surface area (Å²) in [4.78, 5) is 47.5. The van der Waals surface area contributed by atoms with Crippen LogP contribution >= 0.6 is 11.6 Å². The van der Waals surface area contributed by atoms with Crippen molar-refractivity contribution >= 4 is 35.5 Å². The fraction of sp³-hybridized carbons (Fsp3) is 0.484. The summed E-state index contributed by atoms with van der Waals surface area (Å²) < 4.78 is 9.80. The maximum Gasteiger partial charge on any atom is 0.404 e. The first-order valence-corrected chi connectivity index (χ1v) is 14.1. The highest BCUT2D eigenvalue weighted by Crippen LogP contribution is 2.20. The Hall–Kier alpha value is -3.83. The number of carboxylic acid groups (broad SMARTS) is 1. The minimum Gasteiger partial charge on any atom is -0.490 e. The first-order valence-electron chi connectivity index (χ1n) is 13.7. The van der Waals surface area contributed by atoms with E-state index in [9.17, 15) is 24.3 Å². The average molecular weight is 624 g/mol. The van der Waals surface area contributed by atoms with Gasteiger partial charge in [0.1, 0.15) is 12.1 Å². The van der Waals surface area contributed by atoms with Gasteiger partial charge >= 0.3 is 12.1 Å². The van der Waals surface area contributed by atoms with E-state index in [1.807, 2.05) is 33.8 Å². The van der Waals surface area contributed by atoms with Crippen LogP contribution in [0.25, 0.3) is 0 Å². The molecule has 0 aliphatic carbocycles. The quantitative estimate of drug-likeness (QED) is 0.0887. The summed E-state index contributed by atoms with van der Waals surface area (Å²) in [5, 5.41) is 25.2. The summed E-state index contributed by atoms with van der Waals surface area (Å²) in [6, 6.07) is -0.851. The van der Waals surface area contributed by atoms with Crippen LogP contribution in [0.5, 0.6) is 0 Å². The molecule has 0 spiro atoms. The Bertz CT molecular complexity index is 1130. The highest BCUT2D eigenvalue weighted by Gasteiger charge is 2.31. The zero-order valence-electron chi connectivity index (χ0n) is 25.9. The van der Waals surface area contributed by atoms with E-state index in [0.717, 1.165) is 5.57 Å². The van der Waals surface area contributed by atoms with Gasteiger partial charge in [0, 0.05) is 29.9 Å². The average Bonchev–Trinajstić information content (AvgIpc) is 2.89. The van der Waals surface area contributed by atoms with Crippen molar-refractivity contribution < 1.29 is 38.9 Å². The van der Waals surface area contributed by atoms with E-state index in [1.165, 1.54) is 31.5 Å². The molecule has 4 unspecified atom stereocenters. The van der Waals surface area contributed by atoms with E-state index >= 15 is 0 Å². The van der Waals surface area contributed by atoms with Crippen LogP contribution in [0.1, 0.15) is 60.8 Å². The molecular weight excluding hydrogens is 578 g/mol. The Kier molecular flexibility index (Phi) is 18.3. The number of aliphatic carboxylic acids is 1. The van der Waals surface area contributed by atoms with E-state index in [2.05, 4.69) is 10.6 Å². The first-order chi connectivity index (χ1) is 20.0. The van der Waals surface area contributed by atoms with Crippen molar-refractivity contribution in [3.63, 3.8) is 0 Å². The SMILES string of the molecule is COC(=CCC(O)C(C)C=C(C)C=CC=CC(=O)NC(C(=O)NC=CCC(CC=C(C)Cl)OC(N)=O)C(C)(C)C)C(=O)O. The topological polar surface area (TPSA) is 177 Å². The summed E-state index contributed by atoms with van der Waals surface area (Å²) in [5.41, 5.74) is 5.33. The number of aliphatic hydroxyl groups excluding tert-OH is 1. The third kappa shape index (κ3) is 18.3. The highest BCUT2D eigenvalue weighted by atomic mass is 35.5. The third-order valence-electron chi connectivity index (χ3n) is 5.93. The van der Waals surface area contributed by atoms with Crippen LogP contribution in [-0.2, 0) is 23.9 Å². The molecule has 6 N–H and O–H groups in total. The molecule has 0 aliphatic rings. The number of allylic oxidation sites excluding steroid dienone is 5. The van der Waals surface area contributed by atoms with Crippen LogP contribution < -0.4 is 16.4 Å². The van der Waals surface area contributed by atoms with Gasteiger partial charge in [-0.1, -0.05) is 81.3 Å². The molecule has 0 fully saturated rings. The van der Waals surface area contributed by atoms with Gasteiger partial charge in [-0.15, -0.1) is 0 Å². The molecular formula is C31H46ClN3O8. The van der Waals surface area contributed by atoms with Gasteiger partial charge in [-0.3, -0.25) is 9.59 Å². The van der Waals surface area contributed by atoms with Gasteiger partial charge in [0.25, 0.3) is 0 Å². The Morgan fingerprint density at radius 2 is 1.65 bits per heavy atom. The van der Waals surface area contributed by atoms with Crippen LogP contribution in [0, 0.1) is 11.3 Å². The van der Waals surface area contributed by atoms with Gasteiger partial charge in [0.2, 0.25) is 11.8 Å². The summed E-state index contributed by atoms with van der Waals surface area (Å²) in [7, 11) is 1.25. The number of hydrogen-bond donors (Lipinski definition) is 5. The molecule has 43 heavy (non-hydrogen) atoms. The number of carboxylic acids is 1. The number of aliphatic hydroxyl groups is 1. The number of nitrogens with two attached hydrogens (primary N) is 1. The number of hydrogen-bond acceptors (Lipinski definition) is 7. The molecule has 240 valence electrons. The predicted octanol–water partition coefficient (Wildman–Crippen LogP) is 4.59. The Morgan fingerprint density at radius 3 is 2.19 bits per heavy atom. The Labute approximate surface area is 259 Å². The monoisotopic (exact) mass is 623 g/mol. The van der Waals surface area contributed by atoms with Gasteiger partial charge < -0.3 is 36.1 Å². The van der Waals surface area contributed by atoms with Crippen LogP contribution in [0.2, 0.25) is 0 Å². The Morgan fingerprint density at radius 1 is 1.02 bits per heavy atom. The number of methoxy groups -OCH3 is 1. The number of amides is 3. The number of ether oxygens (including phenoxy) is 2. The second-order valence-corrected chi connectivity index (χ2v) is 11.5. The normalized spacial score (nSPS) is 16.2. The van der Waals surface area contributed by atoms with Gasteiger partial charge in [-0.2, -0.15) is 0 Å². The maximum absolute atomic E-state index is 12.9. The Balaban J connectivity index is 5.13. The fourth-order valence-corrected chi connectivity index (χ4v) is 3.68. The zero-order valence-corrected chi connectivity index (χ0v) is 26.7. The lowest BCUT2D eigenvalue weighted by Gasteiger charge is -2.29. The predicted molar refractivity (Wildman–Crippen MR) is 167 cm³/mol. The molecule has 0 aromatic heterocycles. The van der Waals surface area contributed by atoms with Crippen LogP contribution in [0.15, 0.2) is 71.2 Å². The van der Waals surface area contributed by atoms with Crippen molar-refractivity contribution in [2.75, 3.05) is 7.11 Å². The summed E-state index contributed by atoms with van der Waals surface area (Å²) >= 11 is 5.83. The van der Waals surface area contributed by atoms with Crippen molar-refractivity contribution in [3.8, 4) is 0 Å². The second-order valence-electron chi connectivity index (χ2n) is 10.9. The fourth-order valence-electron chi connectivity index (χ4n) is 3.59. The van der Waals surface area contributed by atoms with Gasteiger partial charge in [0.05, 0.1) is 13.2 Å². The maximum atomic E-state index is 12.9. The molecule has 0 aromatic carbocycles. The summed E-state index contributed by atoms with van der Waals surface area (Å²) in [5.74, 6) is -2.60. The van der Waals surface area contributed by atoms with E-state index in [4.69, 9.17) is 31.9 Å². The van der Waals surface area contributed by atoms with Gasteiger partial charge in [-0.25, -0.2) is 9.59 Å². The van der Waals surface area contributed by atoms with Crippen molar-refractivity contribution in [1.29, 1.82) is 0 Å². The summed E-state index contributed by atoms with van der Waals surface area (Å²) in [6.45, 7) is 10.8. The number of carbonyl (C=O) groups is 4. The molecule has 11 nitrogen and oxygen atoms in total. The van der Waals surface area contributed by atoms with Crippen LogP contribution in [-0.4, -0.2) is 59.4 Å². The molecule has 0 radical (unpaired) electrons. The van der Waals surface area contributed by atoms with E-state index < -0.39 is 47.5 Å². The molecule has 0 rings (SSSR count). The lowest BCUT2D eigenvalue weighted by Crippen LogP contribution is -2.52. The third-order valence-corrected chi connectivity index (χ3v) is 6.08. The lowest BCUT2D eigenvalue weighted by atomic mass is 9.86. The molecule has 0 saturated heterocycles. The highest BCUT2D eigenvalue weighted by molar-refractivity contribution is 6.29. The van der Waals surface area contributed by atoms with E-state index in [0.29, 0.717) is 11.5 Å². The molecule has 0 aliphatic heterocycles. The second kappa shape index (κ2) is 20.1. The van der Waals surface area contributed by atoms with Gasteiger partial charge in [-0.05, 0) is 38.0 Å².